The molecular formula is C11H13NO. The molecule has 68 valence electrons. The first-order chi connectivity index (χ1) is 6.11. The summed E-state index contributed by atoms with van der Waals surface area (Å²) in [6, 6.07) is 5.49. The Bertz CT molecular complexity index is 468. The van der Waals surface area contributed by atoms with Crippen LogP contribution in [0.15, 0.2) is 18.2 Å². The Morgan fingerprint density at radius 1 is 1.23 bits per heavy atom. The summed E-state index contributed by atoms with van der Waals surface area (Å²) < 4.78 is 2.14. The highest BCUT2D eigenvalue weighted by Crippen LogP contribution is 2.26. The summed E-state index contributed by atoms with van der Waals surface area (Å²) in [5, 5.41) is 10.5. The van der Waals surface area contributed by atoms with Gasteiger partial charge >= 0.3 is 0 Å². The van der Waals surface area contributed by atoms with E-state index in [0.717, 1.165) is 5.39 Å². The molecule has 2 rings (SSSR count). The zero-order valence-corrected chi connectivity index (χ0v) is 8.13. The topological polar surface area (TPSA) is 25.2 Å². The number of benzene rings is 1. The SMILES string of the molecule is Cc1c(C)n(C)c2ccc(O)cc12. The maximum absolute atomic E-state index is 9.35. The molecule has 0 radical (unpaired) electrons. The molecule has 0 aliphatic heterocycles. The highest BCUT2D eigenvalue weighted by atomic mass is 16.3. The highest BCUT2D eigenvalue weighted by molar-refractivity contribution is 5.86. The molecule has 2 aromatic rings. The predicted octanol–water partition coefficient (Wildman–Crippen LogP) is 2.50. The zero-order chi connectivity index (χ0) is 9.59. The molecule has 0 saturated heterocycles. The van der Waals surface area contributed by atoms with E-state index in [1.165, 1.54) is 16.8 Å². The number of hydrogen-bond donors (Lipinski definition) is 1. The molecule has 1 heterocycles. The number of phenols is 1. The molecule has 2 heteroatoms. The second-order valence-electron chi connectivity index (χ2n) is 3.47. The van der Waals surface area contributed by atoms with Crippen LogP contribution in [-0.2, 0) is 7.05 Å². The predicted molar refractivity (Wildman–Crippen MR) is 54.1 cm³/mol. The van der Waals surface area contributed by atoms with Gasteiger partial charge in [-0.05, 0) is 37.6 Å². The van der Waals surface area contributed by atoms with E-state index >= 15 is 0 Å². The van der Waals surface area contributed by atoms with Crippen LogP contribution < -0.4 is 0 Å². The van der Waals surface area contributed by atoms with Gasteiger partial charge in [0.15, 0.2) is 0 Å². The van der Waals surface area contributed by atoms with Crippen LogP contribution in [0.5, 0.6) is 5.75 Å². The fraction of sp³-hybridized carbons (Fsp3) is 0.273. The average Bonchev–Trinajstić information content (AvgIpc) is 2.32. The molecule has 13 heavy (non-hydrogen) atoms. The first-order valence-corrected chi connectivity index (χ1v) is 4.36. The largest absolute Gasteiger partial charge is 0.508 e. The third kappa shape index (κ3) is 1.02. The molecular weight excluding hydrogens is 162 g/mol. The van der Waals surface area contributed by atoms with Crippen molar-refractivity contribution in [3.63, 3.8) is 0 Å². The first kappa shape index (κ1) is 8.17. The van der Waals surface area contributed by atoms with Gasteiger partial charge in [-0.15, -0.1) is 0 Å². The van der Waals surface area contributed by atoms with Gasteiger partial charge in [-0.2, -0.15) is 0 Å². The van der Waals surface area contributed by atoms with Crippen LogP contribution in [0.2, 0.25) is 0 Å². The minimum Gasteiger partial charge on any atom is -0.508 e. The summed E-state index contributed by atoms with van der Waals surface area (Å²) in [5.74, 6) is 0.334. The van der Waals surface area contributed by atoms with E-state index in [0.29, 0.717) is 5.75 Å². The lowest BCUT2D eigenvalue weighted by molar-refractivity contribution is 0.476. The smallest absolute Gasteiger partial charge is 0.116 e. The monoisotopic (exact) mass is 175 g/mol. The van der Waals surface area contributed by atoms with Crippen molar-refractivity contribution in [3.05, 3.63) is 29.5 Å². The van der Waals surface area contributed by atoms with E-state index in [9.17, 15) is 5.11 Å². The standard InChI is InChI=1S/C11H13NO/c1-7-8(2)12(3)11-5-4-9(13)6-10(7)11/h4-6,13H,1-3H3. The summed E-state index contributed by atoms with van der Waals surface area (Å²) in [4.78, 5) is 0. The minimum absolute atomic E-state index is 0.334. The van der Waals surface area contributed by atoms with Crippen molar-refractivity contribution in [1.82, 2.24) is 4.57 Å². The van der Waals surface area contributed by atoms with Crippen molar-refractivity contribution in [2.75, 3.05) is 0 Å². The quantitative estimate of drug-likeness (QED) is 0.653. The molecule has 1 N–H and O–H groups in total. The molecule has 0 spiro atoms. The summed E-state index contributed by atoms with van der Waals surface area (Å²) in [7, 11) is 2.04. The Balaban J connectivity index is 2.95. The lowest BCUT2D eigenvalue weighted by atomic mass is 10.1. The molecule has 0 bridgehead atoms. The Kier molecular flexibility index (Phi) is 1.59. The number of aryl methyl sites for hydroxylation is 2. The molecule has 0 fully saturated rings. The fourth-order valence-corrected chi connectivity index (χ4v) is 1.74. The number of aromatic nitrogens is 1. The van der Waals surface area contributed by atoms with E-state index in [4.69, 9.17) is 0 Å². The van der Waals surface area contributed by atoms with Crippen LogP contribution in [0.4, 0.5) is 0 Å². The van der Waals surface area contributed by atoms with Crippen LogP contribution in [0.25, 0.3) is 10.9 Å². The highest BCUT2D eigenvalue weighted by Gasteiger charge is 2.07. The molecule has 0 amide bonds. The Morgan fingerprint density at radius 2 is 1.92 bits per heavy atom. The number of rotatable bonds is 0. The zero-order valence-electron chi connectivity index (χ0n) is 8.13. The van der Waals surface area contributed by atoms with Crippen LogP contribution >= 0.6 is 0 Å². The van der Waals surface area contributed by atoms with Gasteiger partial charge in [0.2, 0.25) is 0 Å². The summed E-state index contributed by atoms with van der Waals surface area (Å²) in [5.41, 5.74) is 3.67. The molecule has 0 aliphatic rings. The Labute approximate surface area is 77.4 Å². The maximum atomic E-state index is 9.35. The van der Waals surface area contributed by atoms with Crippen LogP contribution in [0.1, 0.15) is 11.3 Å². The van der Waals surface area contributed by atoms with Crippen molar-refractivity contribution < 1.29 is 5.11 Å². The van der Waals surface area contributed by atoms with E-state index < -0.39 is 0 Å². The summed E-state index contributed by atoms with van der Waals surface area (Å²) >= 11 is 0. The molecule has 1 aromatic carbocycles. The molecule has 0 aliphatic carbocycles. The van der Waals surface area contributed by atoms with Gasteiger partial charge in [-0.3, -0.25) is 0 Å². The first-order valence-electron chi connectivity index (χ1n) is 4.36. The lowest BCUT2D eigenvalue weighted by Gasteiger charge is -1.97. The average molecular weight is 175 g/mol. The van der Waals surface area contributed by atoms with Crippen LogP contribution in [0.3, 0.4) is 0 Å². The lowest BCUT2D eigenvalue weighted by Crippen LogP contribution is -1.89. The summed E-state index contributed by atoms with van der Waals surface area (Å²) in [6.07, 6.45) is 0. The van der Waals surface area contributed by atoms with Crippen molar-refractivity contribution in [2.24, 2.45) is 7.05 Å². The maximum Gasteiger partial charge on any atom is 0.116 e. The van der Waals surface area contributed by atoms with Crippen molar-refractivity contribution >= 4 is 10.9 Å². The second kappa shape index (κ2) is 2.52. The molecule has 0 saturated carbocycles. The van der Waals surface area contributed by atoms with Crippen LogP contribution in [0, 0.1) is 13.8 Å². The Hall–Kier alpha value is -1.44. The van der Waals surface area contributed by atoms with Crippen LogP contribution in [-0.4, -0.2) is 9.67 Å². The van der Waals surface area contributed by atoms with Gasteiger partial charge in [0.05, 0.1) is 0 Å². The van der Waals surface area contributed by atoms with Crippen molar-refractivity contribution in [2.45, 2.75) is 13.8 Å². The van der Waals surface area contributed by atoms with Gasteiger partial charge < -0.3 is 9.67 Å². The van der Waals surface area contributed by atoms with E-state index in [2.05, 4.69) is 18.4 Å². The van der Waals surface area contributed by atoms with Gasteiger partial charge in [-0.1, -0.05) is 0 Å². The molecule has 2 nitrogen and oxygen atoms in total. The van der Waals surface area contributed by atoms with Gasteiger partial charge in [0.1, 0.15) is 5.75 Å². The molecule has 0 unspecified atom stereocenters. The number of aromatic hydroxyl groups is 1. The van der Waals surface area contributed by atoms with Gasteiger partial charge in [-0.25, -0.2) is 0 Å². The fourth-order valence-electron chi connectivity index (χ4n) is 1.74. The number of nitrogens with zero attached hydrogens (tertiary/aromatic N) is 1. The normalized spacial score (nSPS) is 11.0. The number of fused-ring (bicyclic) bond motifs is 1. The minimum atomic E-state index is 0.334. The van der Waals surface area contributed by atoms with Gasteiger partial charge in [0.25, 0.3) is 0 Å². The van der Waals surface area contributed by atoms with Crippen molar-refractivity contribution in [1.29, 1.82) is 0 Å². The van der Waals surface area contributed by atoms with Crippen molar-refractivity contribution in [3.8, 4) is 5.75 Å². The van der Waals surface area contributed by atoms with E-state index in [1.54, 1.807) is 6.07 Å². The summed E-state index contributed by atoms with van der Waals surface area (Å²) in [6.45, 7) is 4.17. The number of phenolic OH excluding ortho intramolecular Hbond substituents is 1. The third-order valence-corrected chi connectivity index (χ3v) is 2.79. The third-order valence-electron chi connectivity index (χ3n) is 2.79. The molecule has 0 atom stereocenters. The molecule has 1 aromatic heterocycles. The number of hydrogen-bond acceptors (Lipinski definition) is 1. The van der Waals surface area contributed by atoms with E-state index in [-0.39, 0.29) is 0 Å². The van der Waals surface area contributed by atoms with Gasteiger partial charge in [0, 0.05) is 23.6 Å². The Morgan fingerprint density at radius 3 is 2.62 bits per heavy atom. The second-order valence-corrected chi connectivity index (χ2v) is 3.47. The van der Waals surface area contributed by atoms with E-state index in [1.807, 2.05) is 19.2 Å².